The molecule has 0 atom stereocenters. The van der Waals surface area contributed by atoms with E-state index in [2.05, 4.69) is 259 Å². The lowest BCUT2D eigenvalue weighted by Crippen LogP contribution is -2.11. The average Bonchev–Trinajstić information content (AvgIpc) is 3.33. The first-order valence-corrected chi connectivity index (χ1v) is 20.5. The van der Waals surface area contributed by atoms with Crippen molar-refractivity contribution < 1.29 is 0 Å². The van der Waals surface area contributed by atoms with E-state index in [0.717, 1.165) is 56.3 Å². The van der Waals surface area contributed by atoms with Gasteiger partial charge in [0.05, 0.1) is 11.4 Å². The summed E-state index contributed by atoms with van der Waals surface area (Å²) in [6.45, 7) is 0. The molecule has 0 aromatic heterocycles. The summed E-state index contributed by atoms with van der Waals surface area (Å²) in [6, 6.07) is 89.1. The first kappa shape index (κ1) is 36.4. The van der Waals surface area contributed by atoms with Crippen LogP contribution in [-0.4, -0.2) is 0 Å². The monoisotopic (exact) mass is 766 g/mol. The third-order valence-electron chi connectivity index (χ3n) is 11.3. The van der Waals surface area contributed by atoms with Crippen LogP contribution in [0.3, 0.4) is 0 Å². The van der Waals surface area contributed by atoms with Gasteiger partial charge in [0.2, 0.25) is 0 Å². The predicted molar refractivity (Wildman–Crippen MR) is 256 cm³/mol. The molecule has 0 bridgehead atoms. The zero-order chi connectivity index (χ0) is 40.1. The summed E-state index contributed by atoms with van der Waals surface area (Å²) in [5.41, 5.74) is 17.0. The zero-order valence-corrected chi connectivity index (χ0v) is 33.1. The van der Waals surface area contributed by atoms with Gasteiger partial charge in [-0.3, -0.25) is 0 Å². The molecule has 0 fully saturated rings. The van der Waals surface area contributed by atoms with E-state index in [1.54, 1.807) is 0 Å². The largest absolute Gasteiger partial charge is 0.354 e. The van der Waals surface area contributed by atoms with E-state index in [1.165, 1.54) is 38.6 Å². The number of benzene rings is 10. The van der Waals surface area contributed by atoms with Crippen LogP contribution in [0.4, 0.5) is 28.4 Å². The molecule has 0 spiro atoms. The lowest BCUT2D eigenvalue weighted by atomic mass is 9.94. The summed E-state index contributed by atoms with van der Waals surface area (Å²) in [7, 11) is 0. The second kappa shape index (κ2) is 16.5. The number of para-hydroxylation sites is 1. The van der Waals surface area contributed by atoms with Gasteiger partial charge >= 0.3 is 0 Å². The molecule has 10 aromatic carbocycles. The fourth-order valence-electron chi connectivity index (χ4n) is 8.31. The van der Waals surface area contributed by atoms with E-state index in [-0.39, 0.29) is 0 Å². The van der Waals surface area contributed by atoms with Crippen LogP contribution < -0.4 is 10.2 Å². The van der Waals surface area contributed by atoms with Gasteiger partial charge in [0.15, 0.2) is 0 Å². The molecule has 1 N–H and O–H groups in total. The summed E-state index contributed by atoms with van der Waals surface area (Å²) in [6.07, 6.45) is 0. The molecule has 0 radical (unpaired) electrons. The van der Waals surface area contributed by atoms with E-state index in [9.17, 15) is 0 Å². The third kappa shape index (κ3) is 7.35. The fraction of sp³-hybridized carbons (Fsp3) is 0. The molecule has 0 heterocycles. The zero-order valence-electron chi connectivity index (χ0n) is 33.1. The van der Waals surface area contributed by atoms with Gasteiger partial charge in [-0.25, -0.2) is 0 Å². The molecule has 0 aliphatic carbocycles. The van der Waals surface area contributed by atoms with Gasteiger partial charge in [0.25, 0.3) is 0 Å². The van der Waals surface area contributed by atoms with Crippen LogP contribution in [0.15, 0.2) is 249 Å². The Balaban J connectivity index is 1.13. The van der Waals surface area contributed by atoms with Gasteiger partial charge in [0, 0.05) is 39.1 Å². The average molecular weight is 767 g/mol. The van der Waals surface area contributed by atoms with E-state index in [1.807, 2.05) is 0 Å². The Bertz CT molecular complexity index is 3030. The van der Waals surface area contributed by atoms with Gasteiger partial charge in [0.1, 0.15) is 0 Å². The second-order valence-corrected chi connectivity index (χ2v) is 15.0. The lowest BCUT2D eigenvalue weighted by Gasteiger charge is -2.29. The first-order chi connectivity index (χ1) is 29.8. The Kier molecular flexibility index (Phi) is 10.0. The van der Waals surface area contributed by atoms with Crippen molar-refractivity contribution in [2.45, 2.75) is 0 Å². The molecule has 0 aliphatic rings. The van der Waals surface area contributed by atoms with E-state index in [0.29, 0.717) is 0 Å². The van der Waals surface area contributed by atoms with Crippen molar-refractivity contribution in [2.24, 2.45) is 0 Å². The van der Waals surface area contributed by atoms with Crippen LogP contribution in [0.1, 0.15) is 0 Å². The number of nitrogens with one attached hydrogen (secondary N) is 1. The highest BCUT2D eigenvalue weighted by Gasteiger charge is 2.20. The number of hydrogen-bond donors (Lipinski definition) is 1. The standard InChI is InChI=1S/C58H42N2/c1-5-18-42(19-6-1)44-32-36-50(37-33-44)60(51-28-17-27-48(40-51)43-20-7-2-8-21-43)57-39-35-49(41-55(57)46-24-11-4-12-25-46)52-29-15-16-31-56(52)59-58-53-30-14-13-26-47(53)34-38-54(58)45-22-9-3-10-23-45/h1-41,59H. The van der Waals surface area contributed by atoms with Gasteiger partial charge in [-0.15, -0.1) is 0 Å². The molecular weight excluding hydrogens is 725 g/mol. The van der Waals surface area contributed by atoms with Crippen molar-refractivity contribution in [3.05, 3.63) is 249 Å². The number of fused-ring (bicyclic) bond motifs is 1. The van der Waals surface area contributed by atoms with Gasteiger partial charge in [-0.05, 0) is 86.8 Å². The smallest absolute Gasteiger partial charge is 0.0543 e. The van der Waals surface area contributed by atoms with Gasteiger partial charge < -0.3 is 10.2 Å². The minimum Gasteiger partial charge on any atom is -0.354 e. The Morgan fingerprint density at radius 3 is 1.52 bits per heavy atom. The Morgan fingerprint density at radius 1 is 0.283 bits per heavy atom. The fourth-order valence-corrected chi connectivity index (χ4v) is 8.31. The van der Waals surface area contributed by atoms with Crippen LogP contribution >= 0.6 is 0 Å². The molecule has 0 saturated heterocycles. The quantitative estimate of drug-likeness (QED) is 0.149. The molecule has 0 saturated carbocycles. The second-order valence-electron chi connectivity index (χ2n) is 15.0. The number of hydrogen-bond acceptors (Lipinski definition) is 2. The van der Waals surface area contributed by atoms with E-state index >= 15 is 0 Å². The van der Waals surface area contributed by atoms with E-state index < -0.39 is 0 Å². The molecule has 2 nitrogen and oxygen atoms in total. The minimum absolute atomic E-state index is 1.04. The van der Waals surface area contributed by atoms with Crippen molar-refractivity contribution in [3.63, 3.8) is 0 Å². The van der Waals surface area contributed by atoms with Crippen LogP contribution in [0.25, 0.3) is 66.4 Å². The number of anilines is 5. The van der Waals surface area contributed by atoms with Crippen molar-refractivity contribution in [1.82, 2.24) is 0 Å². The molecular formula is C58H42N2. The lowest BCUT2D eigenvalue weighted by molar-refractivity contribution is 1.28. The molecule has 2 heteroatoms. The van der Waals surface area contributed by atoms with Crippen LogP contribution in [0.2, 0.25) is 0 Å². The molecule has 284 valence electrons. The van der Waals surface area contributed by atoms with Crippen LogP contribution in [0, 0.1) is 0 Å². The Labute approximate surface area is 352 Å². The summed E-state index contributed by atoms with van der Waals surface area (Å²) in [5.74, 6) is 0. The summed E-state index contributed by atoms with van der Waals surface area (Å²) in [5, 5.41) is 6.34. The minimum atomic E-state index is 1.04. The molecule has 10 rings (SSSR count). The summed E-state index contributed by atoms with van der Waals surface area (Å²) >= 11 is 0. The summed E-state index contributed by atoms with van der Waals surface area (Å²) < 4.78 is 0. The molecule has 60 heavy (non-hydrogen) atoms. The Hall–Kier alpha value is -7.94. The maximum atomic E-state index is 3.96. The SMILES string of the molecule is c1ccc(-c2ccc(N(c3cccc(-c4ccccc4)c3)c3ccc(-c4ccccc4Nc4c(-c5ccccc5)ccc5ccccc45)cc3-c3ccccc3)cc2)cc1. The van der Waals surface area contributed by atoms with Gasteiger partial charge in [-0.1, -0.05) is 206 Å². The number of rotatable bonds is 10. The maximum absolute atomic E-state index is 3.96. The highest BCUT2D eigenvalue weighted by Crippen LogP contribution is 2.45. The van der Waals surface area contributed by atoms with E-state index in [4.69, 9.17) is 0 Å². The van der Waals surface area contributed by atoms with Crippen LogP contribution in [0.5, 0.6) is 0 Å². The maximum Gasteiger partial charge on any atom is 0.0543 e. The topological polar surface area (TPSA) is 15.3 Å². The number of nitrogens with zero attached hydrogens (tertiary/aromatic N) is 1. The summed E-state index contributed by atoms with van der Waals surface area (Å²) in [4.78, 5) is 2.40. The third-order valence-corrected chi connectivity index (χ3v) is 11.3. The van der Waals surface area contributed by atoms with Crippen molar-refractivity contribution in [1.29, 1.82) is 0 Å². The normalized spacial score (nSPS) is 11.0. The predicted octanol–water partition coefficient (Wildman–Crippen LogP) is 16.4. The molecule has 0 aliphatic heterocycles. The molecule has 0 amide bonds. The van der Waals surface area contributed by atoms with Crippen molar-refractivity contribution in [3.8, 4) is 55.6 Å². The van der Waals surface area contributed by atoms with Gasteiger partial charge in [-0.2, -0.15) is 0 Å². The first-order valence-electron chi connectivity index (χ1n) is 20.5. The molecule has 10 aromatic rings. The van der Waals surface area contributed by atoms with Crippen molar-refractivity contribution in [2.75, 3.05) is 10.2 Å². The van der Waals surface area contributed by atoms with Crippen LogP contribution in [-0.2, 0) is 0 Å². The Morgan fingerprint density at radius 2 is 0.817 bits per heavy atom. The molecule has 0 unspecified atom stereocenters. The highest BCUT2D eigenvalue weighted by molar-refractivity contribution is 6.04. The highest BCUT2D eigenvalue weighted by atomic mass is 15.1. The van der Waals surface area contributed by atoms with Crippen molar-refractivity contribution >= 4 is 39.2 Å².